The molecule has 1 amide bonds. The summed E-state index contributed by atoms with van der Waals surface area (Å²) in [6.07, 6.45) is 0. The monoisotopic (exact) mass is 463 g/mol. The van der Waals surface area contributed by atoms with Crippen molar-refractivity contribution in [2.24, 2.45) is 0 Å². The third-order valence-corrected chi connectivity index (χ3v) is 5.95. The van der Waals surface area contributed by atoms with E-state index >= 15 is 0 Å². The fraction of sp³-hybridized carbons (Fsp3) is 0.200. The second kappa shape index (κ2) is 9.94. The Bertz CT molecular complexity index is 1190. The first-order chi connectivity index (χ1) is 15.9. The van der Waals surface area contributed by atoms with Gasteiger partial charge in [0, 0.05) is 61.0 Å². The van der Waals surface area contributed by atoms with Gasteiger partial charge in [0.25, 0.3) is 11.6 Å². The Labute approximate surface area is 196 Å². The van der Waals surface area contributed by atoms with Gasteiger partial charge in [-0.1, -0.05) is 41.9 Å². The summed E-state index contributed by atoms with van der Waals surface area (Å²) in [5, 5.41) is 11.5. The Hall–Kier alpha value is -3.55. The van der Waals surface area contributed by atoms with E-state index in [0.29, 0.717) is 54.4 Å². The number of piperazine rings is 1. The highest BCUT2D eigenvalue weighted by Crippen LogP contribution is 2.20. The molecule has 0 N–H and O–H groups in total. The molecule has 1 fully saturated rings. The normalized spacial score (nSPS) is 14.2. The molecular weight excluding hydrogens is 442 g/mol. The van der Waals surface area contributed by atoms with Gasteiger partial charge in [-0.2, -0.15) is 0 Å². The van der Waals surface area contributed by atoms with Gasteiger partial charge in [-0.25, -0.2) is 0 Å². The van der Waals surface area contributed by atoms with Crippen LogP contribution in [-0.2, 0) is 6.54 Å². The highest BCUT2D eigenvalue weighted by Gasteiger charge is 2.26. The summed E-state index contributed by atoms with van der Waals surface area (Å²) in [6, 6.07) is 20.1. The molecule has 1 heterocycles. The van der Waals surface area contributed by atoms with Crippen LogP contribution in [0, 0.1) is 10.1 Å². The fourth-order valence-electron chi connectivity index (χ4n) is 3.93. The molecule has 4 rings (SSSR count). The van der Waals surface area contributed by atoms with E-state index in [1.165, 1.54) is 6.07 Å². The molecule has 7 nitrogen and oxygen atoms in total. The van der Waals surface area contributed by atoms with Crippen molar-refractivity contribution in [1.29, 1.82) is 0 Å². The maximum Gasteiger partial charge on any atom is 0.269 e. The maximum atomic E-state index is 13.3. The number of nitro benzene ring substituents is 1. The van der Waals surface area contributed by atoms with Gasteiger partial charge < -0.3 is 4.90 Å². The van der Waals surface area contributed by atoms with Crippen LogP contribution in [0.2, 0.25) is 5.02 Å². The third kappa shape index (κ3) is 5.27. The lowest BCUT2D eigenvalue weighted by Crippen LogP contribution is -2.48. The highest BCUT2D eigenvalue weighted by atomic mass is 35.5. The summed E-state index contributed by atoms with van der Waals surface area (Å²) < 4.78 is 0. The lowest BCUT2D eigenvalue weighted by Gasteiger charge is -2.35. The number of hydrogen-bond acceptors (Lipinski definition) is 5. The van der Waals surface area contributed by atoms with Gasteiger partial charge in [0.2, 0.25) is 0 Å². The number of nitro groups is 1. The van der Waals surface area contributed by atoms with Gasteiger partial charge >= 0.3 is 0 Å². The van der Waals surface area contributed by atoms with Crippen LogP contribution < -0.4 is 0 Å². The summed E-state index contributed by atoms with van der Waals surface area (Å²) in [7, 11) is 0. The van der Waals surface area contributed by atoms with E-state index in [1.807, 2.05) is 6.07 Å². The van der Waals surface area contributed by atoms with Crippen molar-refractivity contribution in [1.82, 2.24) is 9.80 Å². The summed E-state index contributed by atoms with van der Waals surface area (Å²) in [5.74, 6) is -0.400. The van der Waals surface area contributed by atoms with Crippen molar-refractivity contribution in [2.75, 3.05) is 26.2 Å². The topological polar surface area (TPSA) is 83.8 Å². The van der Waals surface area contributed by atoms with E-state index in [2.05, 4.69) is 4.90 Å². The fourth-order valence-corrected chi connectivity index (χ4v) is 4.06. The Morgan fingerprint density at radius 1 is 0.879 bits per heavy atom. The second-order valence-corrected chi connectivity index (χ2v) is 8.31. The lowest BCUT2D eigenvalue weighted by atomic mass is 9.97. The van der Waals surface area contributed by atoms with Crippen LogP contribution in [-0.4, -0.2) is 52.6 Å². The van der Waals surface area contributed by atoms with Crippen LogP contribution in [0.25, 0.3) is 0 Å². The van der Waals surface area contributed by atoms with Gasteiger partial charge in [0.05, 0.1) is 10.5 Å². The van der Waals surface area contributed by atoms with E-state index in [4.69, 9.17) is 11.6 Å². The highest BCUT2D eigenvalue weighted by molar-refractivity contribution is 6.30. The van der Waals surface area contributed by atoms with Crippen molar-refractivity contribution >= 4 is 29.0 Å². The van der Waals surface area contributed by atoms with Crippen LogP contribution in [0.4, 0.5) is 5.69 Å². The van der Waals surface area contributed by atoms with Gasteiger partial charge in [0.15, 0.2) is 5.78 Å². The van der Waals surface area contributed by atoms with Crippen LogP contribution in [0.15, 0.2) is 72.8 Å². The van der Waals surface area contributed by atoms with E-state index in [-0.39, 0.29) is 17.4 Å². The molecular formula is C25H22ClN3O4. The van der Waals surface area contributed by atoms with Crippen LogP contribution in [0.3, 0.4) is 0 Å². The second-order valence-electron chi connectivity index (χ2n) is 7.88. The first kappa shape index (κ1) is 22.6. The number of benzene rings is 3. The number of non-ortho nitro benzene ring substituents is 1. The number of amides is 1. The first-order valence-corrected chi connectivity index (χ1v) is 10.9. The summed E-state index contributed by atoms with van der Waals surface area (Å²) in [5.41, 5.74) is 2.15. The zero-order valence-electron chi connectivity index (χ0n) is 17.8. The summed E-state index contributed by atoms with van der Waals surface area (Å²) in [4.78, 5) is 40.8. The number of hydrogen-bond donors (Lipinski definition) is 0. The zero-order valence-corrected chi connectivity index (χ0v) is 18.6. The predicted octanol–water partition coefficient (Wildman–Crippen LogP) is 4.44. The van der Waals surface area contributed by atoms with Crippen molar-refractivity contribution in [3.8, 4) is 0 Å². The minimum atomic E-state index is -0.400. The van der Waals surface area contributed by atoms with E-state index in [9.17, 15) is 19.7 Å². The van der Waals surface area contributed by atoms with Crippen LogP contribution in [0.5, 0.6) is 0 Å². The molecule has 0 bridgehead atoms. The van der Waals surface area contributed by atoms with Crippen molar-refractivity contribution in [3.05, 3.63) is 110 Å². The van der Waals surface area contributed by atoms with Crippen LogP contribution >= 0.6 is 11.6 Å². The molecule has 3 aromatic rings. The molecule has 33 heavy (non-hydrogen) atoms. The quantitative estimate of drug-likeness (QED) is 0.306. The smallest absolute Gasteiger partial charge is 0.269 e. The predicted molar refractivity (Wildman–Crippen MR) is 126 cm³/mol. The summed E-state index contributed by atoms with van der Waals surface area (Å²) >= 11 is 5.92. The first-order valence-electron chi connectivity index (χ1n) is 10.6. The molecule has 1 aliphatic rings. The Morgan fingerprint density at radius 2 is 1.55 bits per heavy atom. The average Bonchev–Trinajstić information content (AvgIpc) is 2.84. The van der Waals surface area contributed by atoms with Gasteiger partial charge in [0.1, 0.15) is 0 Å². The molecule has 0 aromatic heterocycles. The summed E-state index contributed by atoms with van der Waals surface area (Å²) in [6.45, 7) is 2.88. The Balaban J connectivity index is 1.43. The standard InChI is InChI=1S/C25H22ClN3O4/c26-20-10-8-19(9-11-20)24(30)22-6-1-2-7-23(22)25(31)28-14-12-27(13-15-28)17-18-4-3-5-21(16-18)29(32)33/h1-11,16H,12-15,17H2. The number of carbonyl (C=O) groups excluding carboxylic acids is 2. The molecule has 1 saturated heterocycles. The van der Waals surface area contributed by atoms with Gasteiger partial charge in [-0.3, -0.25) is 24.6 Å². The zero-order chi connectivity index (χ0) is 23.4. The molecule has 8 heteroatoms. The third-order valence-electron chi connectivity index (χ3n) is 5.70. The van der Waals surface area contributed by atoms with Crippen molar-refractivity contribution in [3.63, 3.8) is 0 Å². The molecule has 0 unspecified atom stereocenters. The molecule has 0 radical (unpaired) electrons. The number of ketones is 1. The number of carbonyl (C=O) groups is 2. The molecule has 0 spiro atoms. The minimum Gasteiger partial charge on any atom is -0.336 e. The molecule has 3 aromatic carbocycles. The van der Waals surface area contributed by atoms with Gasteiger partial charge in [-0.05, 0) is 35.9 Å². The van der Waals surface area contributed by atoms with Gasteiger partial charge in [-0.15, -0.1) is 0 Å². The van der Waals surface area contributed by atoms with E-state index in [1.54, 1.807) is 65.6 Å². The minimum absolute atomic E-state index is 0.0725. The Morgan fingerprint density at radius 3 is 2.21 bits per heavy atom. The number of halogens is 1. The van der Waals surface area contributed by atoms with Crippen molar-refractivity contribution in [2.45, 2.75) is 6.54 Å². The molecule has 0 aliphatic carbocycles. The molecule has 1 aliphatic heterocycles. The lowest BCUT2D eigenvalue weighted by molar-refractivity contribution is -0.384. The molecule has 168 valence electrons. The SMILES string of the molecule is O=C(c1ccc(Cl)cc1)c1ccccc1C(=O)N1CCN(Cc2cccc([N+](=O)[O-])c2)CC1. The number of nitrogens with zero attached hydrogens (tertiary/aromatic N) is 3. The van der Waals surface area contributed by atoms with Crippen LogP contribution in [0.1, 0.15) is 31.8 Å². The molecule has 0 atom stereocenters. The largest absolute Gasteiger partial charge is 0.336 e. The maximum absolute atomic E-state index is 13.3. The van der Waals surface area contributed by atoms with Crippen molar-refractivity contribution < 1.29 is 14.5 Å². The Kier molecular flexibility index (Phi) is 6.82. The average molecular weight is 464 g/mol. The van der Waals surface area contributed by atoms with E-state index < -0.39 is 4.92 Å². The number of rotatable bonds is 6. The van der Waals surface area contributed by atoms with E-state index in [0.717, 1.165) is 5.56 Å². The molecule has 0 saturated carbocycles.